The van der Waals surface area contributed by atoms with Gasteiger partial charge in [0.15, 0.2) is 4.96 Å². The first-order valence-corrected chi connectivity index (χ1v) is 13.5. The second-order valence-corrected chi connectivity index (χ2v) is 10.3. The molecule has 0 bridgehead atoms. The molecule has 3 aromatic heterocycles. The molecule has 4 aromatic carbocycles. The number of ether oxygens (including phenoxy) is 1. The highest BCUT2D eigenvalue weighted by molar-refractivity contribution is 7.15. The van der Waals surface area contributed by atoms with E-state index in [0.717, 1.165) is 27.8 Å². The van der Waals surface area contributed by atoms with E-state index >= 15 is 0 Å². The zero-order chi connectivity index (χ0) is 27.1. The van der Waals surface area contributed by atoms with Crippen LogP contribution in [0.3, 0.4) is 0 Å². The summed E-state index contributed by atoms with van der Waals surface area (Å²) in [7, 11) is 0. The summed E-state index contributed by atoms with van der Waals surface area (Å²) in [5.74, 6) is 0.284. The second kappa shape index (κ2) is 9.91. The smallest absolute Gasteiger partial charge is 0.274 e. The Labute approximate surface area is 231 Å². The number of aromatic nitrogens is 4. The third-order valence-electron chi connectivity index (χ3n) is 6.65. The average Bonchev–Trinajstić information content (AvgIpc) is 3.66. The normalized spacial score (nSPS) is 12.0. The first-order chi connectivity index (χ1) is 19.6. The van der Waals surface area contributed by atoms with E-state index in [1.54, 1.807) is 27.3 Å². The molecule has 6 nitrogen and oxygen atoms in total. The monoisotopic (exact) mass is 544 g/mol. The SMILES string of the molecule is O=c1/c(=C/c2cn(-c3ccccc3)nc2-c2cccc(OCc3ccccc3F)c2)sc2nc3ccccc3n12. The van der Waals surface area contributed by atoms with Gasteiger partial charge >= 0.3 is 0 Å². The minimum absolute atomic E-state index is 0.107. The van der Waals surface area contributed by atoms with Crippen molar-refractivity contribution < 1.29 is 9.13 Å². The molecule has 0 aliphatic rings. The Morgan fingerprint density at radius 2 is 1.70 bits per heavy atom. The van der Waals surface area contributed by atoms with Gasteiger partial charge in [0.1, 0.15) is 23.9 Å². The molecule has 7 aromatic rings. The van der Waals surface area contributed by atoms with Gasteiger partial charge in [-0.25, -0.2) is 18.5 Å². The van der Waals surface area contributed by atoms with Crippen molar-refractivity contribution in [1.29, 1.82) is 0 Å². The molecule has 0 atom stereocenters. The van der Waals surface area contributed by atoms with Gasteiger partial charge in [-0.1, -0.05) is 72.0 Å². The van der Waals surface area contributed by atoms with Crippen LogP contribution >= 0.6 is 11.3 Å². The van der Waals surface area contributed by atoms with E-state index in [9.17, 15) is 9.18 Å². The number of hydrogen-bond acceptors (Lipinski definition) is 5. The van der Waals surface area contributed by atoms with Crippen LogP contribution in [0.25, 0.3) is 39.0 Å². The van der Waals surface area contributed by atoms with Gasteiger partial charge in [-0.15, -0.1) is 0 Å². The lowest BCUT2D eigenvalue weighted by Gasteiger charge is -2.08. The molecule has 0 spiro atoms. The molecule has 7 rings (SSSR count). The number of fused-ring (bicyclic) bond motifs is 3. The zero-order valence-electron chi connectivity index (χ0n) is 21.1. The van der Waals surface area contributed by atoms with Crippen LogP contribution in [0, 0.1) is 5.82 Å². The standard InChI is InChI=1S/C32H21FN4O2S/c33-26-14-5-4-9-22(26)20-39-25-13-8-10-21(17-25)30-23(19-36(35-30)24-11-2-1-3-12-24)18-29-31(38)37-28-16-7-6-15-27(28)34-32(37)40-29/h1-19H,20H2/b29-18-. The van der Waals surface area contributed by atoms with Crippen molar-refractivity contribution in [3.8, 4) is 22.7 Å². The molecule has 8 heteroatoms. The van der Waals surface area contributed by atoms with Crippen molar-refractivity contribution in [2.45, 2.75) is 6.61 Å². The fourth-order valence-corrected chi connectivity index (χ4v) is 5.67. The molecule has 40 heavy (non-hydrogen) atoms. The zero-order valence-corrected chi connectivity index (χ0v) is 21.9. The molecule has 0 saturated heterocycles. The lowest BCUT2D eigenvalue weighted by Crippen LogP contribution is -2.22. The number of rotatable bonds is 6. The van der Waals surface area contributed by atoms with Crippen LogP contribution in [-0.4, -0.2) is 19.2 Å². The van der Waals surface area contributed by atoms with Crippen molar-refractivity contribution in [2.24, 2.45) is 0 Å². The van der Waals surface area contributed by atoms with E-state index in [2.05, 4.69) is 4.98 Å². The summed E-state index contributed by atoms with van der Waals surface area (Å²) in [4.78, 5) is 18.7. The third-order valence-corrected chi connectivity index (χ3v) is 7.62. The Morgan fingerprint density at radius 1 is 0.900 bits per heavy atom. The van der Waals surface area contributed by atoms with Crippen LogP contribution in [0.15, 0.2) is 114 Å². The molecule has 194 valence electrons. The molecule has 0 amide bonds. The Morgan fingerprint density at radius 3 is 2.58 bits per heavy atom. The Balaban J connectivity index is 1.33. The minimum Gasteiger partial charge on any atom is -0.489 e. The van der Waals surface area contributed by atoms with Crippen LogP contribution in [0.2, 0.25) is 0 Å². The van der Waals surface area contributed by atoms with E-state index in [1.165, 1.54) is 17.4 Å². The lowest BCUT2D eigenvalue weighted by atomic mass is 10.1. The quantitative estimate of drug-likeness (QED) is 0.257. The second-order valence-electron chi connectivity index (χ2n) is 9.26. The largest absolute Gasteiger partial charge is 0.489 e. The summed E-state index contributed by atoms with van der Waals surface area (Å²) in [5, 5.41) is 4.89. The van der Waals surface area contributed by atoms with Gasteiger partial charge in [0.05, 0.1) is 21.3 Å². The summed E-state index contributed by atoms with van der Waals surface area (Å²) in [6.07, 6.45) is 3.78. The van der Waals surface area contributed by atoms with Gasteiger partial charge in [-0.2, -0.15) is 5.10 Å². The summed E-state index contributed by atoms with van der Waals surface area (Å²) >= 11 is 1.35. The lowest BCUT2D eigenvalue weighted by molar-refractivity contribution is 0.300. The summed E-state index contributed by atoms with van der Waals surface area (Å²) in [6, 6.07) is 31.5. The average molecular weight is 545 g/mol. The molecule has 0 saturated carbocycles. The highest BCUT2D eigenvalue weighted by Gasteiger charge is 2.15. The van der Waals surface area contributed by atoms with Crippen molar-refractivity contribution in [1.82, 2.24) is 19.2 Å². The fourth-order valence-electron chi connectivity index (χ4n) is 4.69. The van der Waals surface area contributed by atoms with Crippen LogP contribution in [0.5, 0.6) is 5.75 Å². The minimum atomic E-state index is -0.305. The predicted molar refractivity (Wildman–Crippen MR) is 155 cm³/mol. The molecule has 0 radical (unpaired) electrons. The highest BCUT2D eigenvalue weighted by atomic mass is 32.1. The summed E-state index contributed by atoms with van der Waals surface area (Å²) in [5.41, 5.74) is 5.12. The van der Waals surface area contributed by atoms with E-state index in [1.807, 2.05) is 91.1 Å². The highest BCUT2D eigenvalue weighted by Crippen LogP contribution is 2.28. The number of benzene rings is 4. The molecule has 0 unspecified atom stereocenters. The Bertz CT molecular complexity index is 2110. The van der Waals surface area contributed by atoms with Crippen molar-refractivity contribution >= 4 is 33.4 Å². The topological polar surface area (TPSA) is 61.4 Å². The molecule has 3 heterocycles. The van der Waals surface area contributed by atoms with Crippen LogP contribution < -0.4 is 14.8 Å². The number of para-hydroxylation sites is 3. The van der Waals surface area contributed by atoms with Gasteiger partial charge in [-0.3, -0.25) is 4.79 Å². The van der Waals surface area contributed by atoms with E-state index in [0.29, 0.717) is 26.5 Å². The maximum absolute atomic E-state index is 14.1. The molecule has 0 N–H and O–H groups in total. The van der Waals surface area contributed by atoms with Gasteiger partial charge in [0.25, 0.3) is 5.56 Å². The number of thiazole rings is 1. The predicted octanol–water partition coefficient (Wildman–Crippen LogP) is 6.03. The molecule has 0 fully saturated rings. The van der Waals surface area contributed by atoms with Gasteiger partial charge in [0, 0.05) is 22.9 Å². The van der Waals surface area contributed by atoms with Crippen molar-refractivity contribution in [3.63, 3.8) is 0 Å². The van der Waals surface area contributed by atoms with Crippen LogP contribution in [0.1, 0.15) is 11.1 Å². The maximum Gasteiger partial charge on any atom is 0.274 e. The van der Waals surface area contributed by atoms with E-state index in [4.69, 9.17) is 9.84 Å². The first kappa shape index (κ1) is 24.0. The number of nitrogens with zero attached hydrogens (tertiary/aromatic N) is 4. The molecule has 0 aliphatic heterocycles. The van der Waals surface area contributed by atoms with Crippen LogP contribution in [0.4, 0.5) is 4.39 Å². The van der Waals surface area contributed by atoms with E-state index in [-0.39, 0.29) is 18.0 Å². The number of imidazole rings is 1. The summed E-state index contributed by atoms with van der Waals surface area (Å²) in [6.45, 7) is 0.107. The van der Waals surface area contributed by atoms with Crippen molar-refractivity contribution in [2.75, 3.05) is 0 Å². The molecular weight excluding hydrogens is 523 g/mol. The van der Waals surface area contributed by atoms with Crippen molar-refractivity contribution in [3.05, 3.63) is 141 Å². The van der Waals surface area contributed by atoms with Gasteiger partial charge in [0.2, 0.25) is 0 Å². The Hall–Kier alpha value is -5.08. The first-order valence-electron chi connectivity index (χ1n) is 12.7. The number of hydrogen-bond donors (Lipinski definition) is 0. The fraction of sp³-hybridized carbons (Fsp3) is 0.0312. The van der Waals surface area contributed by atoms with Gasteiger partial charge in [-0.05, 0) is 48.5 Å². The van der Waals surface area contributed by atoms with Gasteiger partial charge < -0.3 is 4.74 Å². The number of halogens is 1. The van der Waals surface area contributed by atoms with E-state index < -0.39 is 0 Å². The molecular formula is C32H21FN4O2S. The molecule has 0 aliphatic carbocycles. The maximum atomic E-state index is 14.1. The van der Waals surface area contributed by atoms with Crippen LogP contribution in [-0.2, 0) is 6.61 Å². The summed E-state index contributed by atoms with van der Waals surface area (Å²) < 4.78 is 24.1. The Kier molecular flexibility index (Phi) is 5.94. The third kappa shape index (κ3) is 4.34.